The minimum absolute atomic E-state index is 0.480. The maximum atomic E-state index is 10.2. The van der Waals surface area contributed by atoms with Crippen LogP contribution in [0.15, 0.2) is 0 Å². The van der Waals surface area contributed by atoms with Crippen LogP contribution in [-0.4, -0.2) is 36.4 Å². The van der Waals surface area contributed by atoms with E-state index in [0.717, 1.165) is 26.1 Å². The van der Waals surface area contributed by atoms with Gasteiger partial charge in [-0.2, -0.15) is 0 Å². The van der Waals surface area contributed by atoms with Gasteiger partial charge < -0.3 is 15.7 Å². The van der Waals surface area contributed by atoms with Crippen molar-refractivity contribution >= 4 is 0 Å². The number of hydrogen-bond donors (Lipinski definition) is 3. The Kier molecular flexibility index (Phi) is 4.00. The fourth-order valence-corrected chi connectivity index (χ4v) is 2.70. The Morgan fingerprint density at radius 1 is 1.20 bits per heavy atom. The summed E-state index contributed by atoms with van der Waals surface area (Å²) in [7, 11) is 0. The predicted octanol–water partition coefficient (Wildman–Crippen LogP) is 1.02. The molecule has 1 saturated carbocycles. The summed E-state index contributed by atoms with van der Waals surface area (Å²) in [6, 6.07) is 0.650. The van der Waals surface area contributed by atoms with Gasteiger partial charge in [-0.15, -0.1) is 0 Å². The van der Waals surface area contributed by atoms with Gasteiger partial charge in [-0.1, -0.05) is 25.7 Å². The molecule has 0 amide bonds. The van der Waals surface area contributed by atoms with Gasteiger partial charge in [-0.3, -0.25) is 0 Å². The van der Waals surface area contributed by atoms with Crippen molar-refractivity contribution < 1.29 is 5.11 Å². The summed E-state index contributed by atoms with van der Waals surface area (Å²) in [6.45, 7) is 2.49. The van der Waals surface area contributed by atoms with Crippen LogP contribution in [0.25, 0.3) is 0 Å². The summed E-state index contributed by atoms with van der Waals surface area (Å²) < 4.78 is 0. The third kappa shape index (κ3) is 3.44. The smallest absolute Gasteiger partial charge is 0.0907 e. The molecule has 1 atom stereocenters. The van der Waals surface area contributed by atoms with Gasteiger partial charge in [0, 0.05) is 19.1 Å². The fraction of sp³-hybridized carbons (Fsp3) is 1.00. The van der Waals surface area contributed by atoms with E-state index < -0.39 is 5.60 Å². The first-order chi connectivity index (χ1) is 7.29. The van der Waals surface area contributed by atoms with Crippen LogP contribution in [0.2, 0.25) is 0 Å². The van der Waals surface area contributed by atoms with Crippen LogP contribution in [-0.2, 0) is 0 Å². The van der Waals surface area contributed by atoms with E-state index in [2.05, 4.69) is 10.6 Å². The summed E-state index contributed by atoms with van der Waals surface area (Å²) in [5.41, 5.74) is -0.480. The van der Waals surface area contributed by atoms with E-state index in [0.29, 0.717) is 6.04 Å². The molecule has 0 aromatic rings. The molecule has 2 rings (SSSR count). The molecule has 1 aliphatic heterocycles. The zero-order valence-corrected chi connectivity index (χ0v) is 9.60. The summed E-state index contributed by atoms with van der Waals surface area (Å²) in [4.78, 5) is 0. The molecule has 15 heavy (non-hydrogen) atoms. The molecular weight excluding hydrogens is 188 g/mol. The number of aliphatic hydroxyl groups is 1. The highest BCUT2D eigenvalue weighted by molar-refractivity contribution is 4.90. The lowest BCUT2D eigenvalue weighted by molar-refractivity contribution is 0.0574. The van der Waals surface area contributed by atoms with Gasteiger partial charge in [0.25, 0.3) is 0 Å². The molecule has 1 aliphatic carbocycles. The van der Waals surface area contributed by atoms with Gasteiger partial charge in [0.05, 0.1) is 5.60 Å². The molecule has 2 fully saturated rings. The molecule has 0 radical (unpaired) electrons. The SMILES string of the molecule is OC1(CNC2CCCCCC2)CCNC1. The average Bonchev–Trinajstić information content (AvgIpc) is 2.53. The maximum absolute atomic E-state index is 10.2. The fourth-order valence-electron chi connectivity index (χ4n) is 2.70. The Bertz CT molecular complexity index is 182. The van der Waals surface area contributed by atoms with Gasteiger partial charge in [-0.05, 0) is 25.8 Å². The third-order valence-electron chi connectivity index (χ3n) is 3.80. The monoisotopic (exact) mass is 212 g/mol. The third-order valence-corrected chi connectivity index (χ3v) is 3.80. The van der Waals surface area contributed by atoms with Crippen molar-refractivity contribution in [3.63, 3.8) is 0 Å². The minimum Gasteiger partial charge on any atom is -0.387 e. The van der Waals surface area contributed by atoms with Crippen molar-refractivity contribution in [1.82, 2.24) is 10.6 Å². The molecule has 0 aromatic heterocycles. The molecule has 0 bridgehead atoms. The molecule has 3 heteroatoms. The first-order valence-corrected chi connectivity index (χ1v) is 6.45. The Hall–Kier alpha value is -0.120. The van der Waals surface area contributed by atoms with E-state index in [4.69, 9.17) is 0 Å². The first kappa shape index (κ1) is 11.4. The maximum Gasteiger partial charge on any atom is 0.0907 e. The van der Waals surface area contributed by atoms with Crippen molar-refractivity contribution in [1.29, 1.82) is 0 Å². The molecule has 3 nitrogen and oxygen atoms in total. The number of hydrogen-bond acceptors (Lipinski definition) is 3. The van der Waals surface area contributed by atoms with Gasteiger partial charge >= 0.3 is 0 Å². The van der Waals surface area contributed by atoms with E-state index in [1.54, 1.807) is 0 Å². The minimum atomic E-state index is -0.480. The van der Waals surface area contributed by atoms with Gasteiger partial charge in [0.1, 0.15) is 0 Å². The number of β-amino-alcohol motifs (C(OH)–C–C–N with tert-alkyl or cyclic N) is 1. The van der Waals surface area contributed by atoms with Crippen molar-refractivity contribution in [2.75, 3.05) is 19.6 Å². The van der Waals surface area contributed by atoms with Crippen LogP contribution in [0, 0.1) is 0 Å². The highest BCUT2D eigenvalue weighted by Crippen LogP contribution is 2.19. The molecule has 1 unspecified atom stereocenters. The molecule has 0 aromatic carbocycles. The Labute approximate surface area is 92.6 Å². The van der Waals surface area contributed by atoms with Crippen molar-refractivity contribution in [2.24, 2.45) is 0 Å². The lowest BCUT2D eigenvalue weighted by Crippen LogP contribution is -2.45. The molecule has 1 saturated heterocycles. The van der Waals surface area contributed by atoms with E-state index in [1.807, 2.05) is 0 Å². The molecule has 0 spiro atoms. The molecular formula is C12H24N2O. The van der Waals surface area contributed by atoms with Gasteiger partial charge in [0.15, 0.2) is 0 Å². The normalized spacial score (nSPS) is 34.2. The summed E-state index contributed by atoms with van der Waals surface area (Å²) in [6.07, 6.45) is 8.98. The summed E-state index contributed by atoms with van der Waals surface area (Å²) in [5, 5.41) is 16.9. The van der Waals surface area contributed by atoms with Crippen LogP contribution in [0.3, 0.4) is 0 Å². The zero-order valence-electron chi connectivity index (χ0n) is 9.60. The topological polar surface area (TPSA) is 44.3 Å². The molecule has 1 heterocycles. The van der Waals surface area contributed by atoms with Crippen molar-refractivity contribution in [3.8, 4) is 0 Å². The largest absolute Gasteiger partial charge is 0.387 e. The van der Waals surface area contributed by atoms with E-state index in [-0.39, 0.29) is 0 Å². The Morgan fingerprint density at radius 3 is 2.53 bits per heavy atom. The van der Waals surface area contributed by atoms with Crippen LogP contribution < -0.4 is 10.6 Å². The van der Waals surface area contributed by atoms with E-state index in [9.17, 15) is 5.11 Å². The summed E-state index contributed by atoms with van der Waals surface area (Å²) >= 11 is 0. The van der Waals surface area contributed by atoms with Crippen LogP contribution in [0.1, 0.15) is 44.9 Å². The van der Waals surface area contributed by atoms with Crippen LogP contribution in [0.5, 0.6) is 0 Å². The Morgan fingerprint density at radius 2 is 1.93 bits per heavy atom. The number of rotatable bonds is 3. The highest BCUT2D eigenvalue weighted by atomic mass is 16.3. The second kappa shape index (κ2) is 5.28. The lowest BCUT2D eigenvalue weighted by Gasteiger charge is -2.25. The quantitative estimate of drug-likeness (QED) is 0.612. The van der Waals surface area contributed by atoms with Crippen molar-refractivity contribution in [2.45, 2.75) is 56.6 Å². The Balaban J connectivity index is 1.71. The van der Waals surface area contributed by atoms with Gasteiger partial charge in [-0.25, -0.2) is 0 Å². The molecule has 88 valence electrons. The summed E-state index contributed by atoms with van der Waals surface area (Å²) in [5.74, 6) is 0. The predicted molar refractivity (Wildman–Crippen MR) is 61.9 cm³/mol. The standard InChI is InChI=1S/C12H24N2O/c15-12(7-8-13-9-12)10-14-11-5-3-1-2-4-6-11/h11,13-15H,1-10H2. The van der Waals surface area contributed by atoms with Gasteiger partial charge in [0.2, 0.25) is 0 Å². The molecule has 3 N–H and O–H groups in total. The highest BCUT2D eigenvalue weighted by Gasteiger charge is 2.31. The van der Waals surface area contributed by atoms with Crippen LogP contribution >= 0.6 is 0 Å². The second-order valence-corrected chi connectivity index (χ2v) is 5.22. The average molecular weight is 212 g/mol. The molecule has 2 aliphatic rings. The van der Waals surface area contributed by atoms with E-state index in [1.165, 1.54) is 38.5 Å². The lowest BCUT2D eigenvalue weighted by atomic mass is 10.0. The van der Waals surface area contributed by atoms with Crippen LogP contribution in [0.4, 0.5) is 0 Å². The number of nitrogens with one attached hydrogen (secondary N) is 2. The second-order valence-electron chi connectivity index (χ2n) is 5.22. The first-order valence-electron chi connectivity index (χ1n) is 6.45. The van der Waals surface area contributed by atoms with E-state index >= 15 is 0 Å². The van der Waals surface area contributed by atoms with Crippen molar-refractivity contribution in [3.05, 3.63) is 0 Å². The zero-order chi connectivity index (χ0) is 10.6.